The summed E-state index contributed by atoms with van der Waals surface area (Å²) in [6.07, 6.45) is 3.00. The Morgan fingerprint density at radius 3 is 2.24 bits per heavy atom. The van der Waals surface area contributed by atoms with Gasteiger partial charge in [-0.15, -0.1) is 0 Å². The van der Waals surface area contributed by atoms with E-state index in [1.54, 1.807) is 30.5 Å². The molecule has 0 saturated carbocycles. The minimum absolute atomic E-state index is 0.408. The Kier molecular flexibility index (Phi) is 3.35. The van der Waals surface area contributed by atoms with Gasteiger partial charge < -0.3 is 4.74 Å². The molecule has 0 spiro atoms. The fourth-order valence-electron chi connectivity index (χ4n) is 1.31. The summed E-state index contributed by atoms with van der Waals surface area (Å²) in [5.41, 5.74) is 1.78. The monoisotopic (exact) mass is 248 g/mol. The van der Waals surface area contributed by atoms with Crippen molar-refractivity contribution >= 4 is 17.6 Å². The maximum absolute atomic E-state index is 11.2. The summed E-state index contributed by atoms with van der Waals surface area (Å²) in [7, 11) is 1.33. The standard InChI is InChI=1S/C12H9ClN2O2/c1-17-12(16)8-2-4-10(14-6-8)11-5-3-9(13)7-15-11/h2-7H,1H3. The van der Waals surface area contributed by atoms with Crippen molar-refractivity contribution < 1.29 is 9.53 Å². The average Bonchev–Trinajstić information content (AvgIpc) is 2.39. The van der Waals surface area contributed by atoms with Crippen LogP contribution in [0.5, 0.6) is 0 Å². The number of hydrogen-bond donors (Lipinski definition) is 0. The number of carbonyl (C=O) groups excluding carboxylic acids is 1. The van der Waals surface area contributed by atoms with Gasteiger partial charge in [-0.1, -0.05) is 11.6 Å². The van der Waals surface area contributed by atoms with Crippen molar-refractivity contribution in [1.29, 1.82) is 0 Å². The Morgan fingerprint density at radius 1 is 1.12 bits per heavy atom. The van der Waals surface area contributed by atoms with Crippen molar-refractivity contribution in [2.75, 3.05) is 7.11 Å². The third-order valence-corrected chi connectivity index (χ3v) is 2.40. The first-order chi connectivity index (χ1) is 8.20. The number of ether oxygens (including phenoxy) is 1. The molecule has 0 aromatic carbocycles. The van der Waals surface area contributed by atoms with Crippen molar-refractivity contribution in [3.8, 4) is 11.4 Å². The first-order valence-corrected chi connectivity index (χ1v) is 5.25. The lowest BCUT2D eigenvalue weighted by molar-refractivity contribution is 0.0600. The van der Waals surface area contributed by atoms with Crippen LogP contribution in [-0.4, -0.2) is 23.0 Å². The number of pyridine rings is 2. The molecule has 2 heterocycles. The molecular formula is C12H9ClN2O2. The summed E-state index contributed by atoms with van der Waals surface area (Å²) >= 11 is 5.74. The van der Waals surface area contributed by atoms with E-state index in [1.165, 1.54) is 13.3 Å². The van der Waals surface area contributed by atoms with Crippen LogP contribution in [0.25, 0.3) is 11.4 Å². The molecule has 0 aliphatic heterocycles. The number of nitrogens with zero attached hydrogens (tertiary/aromatic N) is 2. The van der Waals surface area contributed by atoms with Crippen molar-refractivity contribution in [3.05, 3.63) is 47.2 Å². The largest absolute Gasteiger partial charge is 0.465 e. The van der Waals surface area contributed by atoms with E-state index >= 15 is 0 Å². The van der Waals surface area contributed by atoms with E-state index in [9.17, 15) is 4.79 Å². The molecule has 17 heavy (non-hydrogen) atoms. The van der Waals surface area contributed by atoms with Crippen LogP contribution >= 0.6 is 11.6 Å². The SMILES string of the molecule is COC(=O)c1ccc(-c2ccc(Cl)cn2)nc1. The van der Waals surface area contributed by atoms with Crippen LogP contribution in [0, 0.1) is 0 Å². The van der Waals surface area contributed by atoms with Crippen LogP contribution in [0.1, 0.15) is 10.4 Å². The molecule has 0 aliphatic carbocycles. The summed E-state index contributed by atoms with van der Waals surface area (Å²) in [6, 6.07) is 6.86. The molecule has 0 fully saturated rings. The first-order valence-electron chi connectivity index (χ1n) is 4.87. The van der Waals surface area contributed by atoms with Crippen LogP contribution in [0.4, 0.5) is 0 Å². The Balaban J connectivity index is 2.29. The number of carbonyl (C=O) groups is 1. The average molecular weight is 249 g/mol. The molecule has 5 heteroatoms. The van der Waals surface area contributed by atoms with Crippen LogP contribution in [0.15, 0.2) is 36.7 Å². The van der Waals surface area contributed by atoms with E-state index in [4.69, 9.17) is 11.6 Å². The zero-order valence-corrected chi connectivity index (χ0v) is 9.81. The lowest BCUT2D eigenvalue weighted by Gasteiger charge is -2.01. The number of esters is 1. The predicted molar refractivity (Wildman–Crippen MR) is 63.8 cm³/mol. The molecule has 0 bridgehead atoms. The lowest BCUT2D eigenvalue weighted by atomic mass is 10.2. The minimum Gasteiger partial charge on any atom is -0.465 e. The zero-order valence-electron chi connectivity index (χ0n) is 9.05. The highest BCUT2D eigenvalue weighted by atomic mass is 35.5. The Morgan fingerprint density at radius 2 is 1.76 bits per heavy atom. The third kappa shape index (κ3) is 2.60. The lowest BCUT2D eigenvalue weighted by Crippen LogP contribution is -2.01. The third-order valence-electron chi connectivity index (χ3n) is 2.17. The van der Waals surface area contributed by atoms with E-state index in [-0.39, 0.29) is 0 Å². The molecule has 4 nitrogen and oxygen atoms in total. The molecule has 0 atom stereocenters. The first kappa shape index (κ1) is 11.5. The normalized spacial score (nSPS) is 10.0. The molecule has 0 N–H and O–H groups in total. The highest BCUT2D eigenvalue weighted by molar-refractivity contribution is 6.30. The van der Waals surface area contributed by atoms with Gasteiger partial charge in [0.05, 0.1) is 29.1 Å². The van der Waals surface area contributed by atoms with Crippen molar-refractivity contribution in [3.63, 3.8) is 0 Å². The number of hydrogen-bond acceptors (Lipinski definition) is 4. The molecule has 0 radical (unpaired) electrons. The number of rotatable bonds is 2. The highest BCUT2D eigenvalue weighted by Gasteiger charge is 2.06. The van der Waals surface area contributed by atoms with E-state index < -0.39 is 5.97 Å². The van der Waals surface area contributed by atoms with E-state index in [0.29, 0.717) is 22.0 Å². The van der Waals surface area contributed by atoms with Gasteiger partial charge >= 0.3 is 5.97 Å². The van der Waals surface area contributed by atoms with Crippen molar-refractivity contribution in [2.45, 2.75) is 0 Å². The number of methoxy groups -OCH3 is 1. The zero-order chi connectivity index (χ0) is 12.3. The van der Waals surface area contributed by atoms with Crippen molar-refractivity contribution in [1.82, 2.24) is 9.97 Å². The fraction of sp³-hybridized carbons (Fsp3) is 0.0833. The molecule has 0 unspecified atom stereocenters. The molecule has 2 rings (SSSR count). The van der Waals surface area contributed by atoms with Gasteiger partial charge in [-0.25, -0.2) is 4.79 Å². The molecule has 2 aromatic rings. The maximum atomic E-state index is 11.2. The van der Waals surface area contributed by atoms with E-state index in [2.05, 4.69) is 14.7 Å². The predicted octanol–water partition coefficient (Wildman–Crippen LogP) is 2.58. The van der Waals surface area contributed by atoms with Gasteiger partial charge in [-0.3, -0.25) is 9.97 Å². The maximum Gasteiger partial charge on any atom is 0.339 e. The topological polar surface area (TPSA) is 52.1 Å². The Labute approximate surface area is 103 Å². The summed E-state index contributed by atoms with van der Waals surface area (Å²) in [4.78, 5) is 19.5. The molecular weight excluding hydrogens is 240 g/mol. The van der Waals surface area contributed by atoms with Gasteiger partial charge in [-0.05, 0) is 24.3 Å². The van der Waals surface area contributed by atoms with Crippen LogP contribution in [0.2, 0.25) is 5.02 Å². The van der Waals surface area contributed by atoms with E-state index in [1.807, 2.05) is 0 Å². The highest BCUT2D eigenvalue weighted by Crippen LogP contribution is 2.16. The van der Waals surface area contributed by atoms with Crippen LogP contribution in [-0.2, 0) is 4.74 Å². The summed E-state index contributed by atoms with van der Waals surface area (Å²) in [5.74, 6) is -0.409. The molecule has 0 amide bonds. The second kappa shape index (κ2) is 4.93. The summed E-state index contributed by atoms with van der Waals surface area (Å²) in [5, 5.41) is 0.569. The summed E-state index contributed by atoms with van der Waals surface area (Å²) < 4.78 is 4.59. The van der Waals surface area contributed by atoms with Gasteiger partial charge in [0.15, 0.2) is 0 Å². The van der Waals surface area contributed by atoms with Crippen molar-refractivity contribution in [2.24, 2.45) is 0 Å². The van der Waals surface area contributed by atoms with Crippen LogP contribution in [0.3, 0.4) is 0 Å². The van der Waals surface area contributed by atoms with Gasteiger partial charge in [-0.2, -0.15) is 0 Å². The van der Waals surface area contributed by atoms with Crippen LogP contribution < -0.4 is 0 Å². The smallest absolute Gasteiger partial charge is 0.339 e. The van der Waals surface area contributed by atoms with Gasteiger partial charge in [0, 0.05) is 12.4 Å². The second-order valence-corrected chi connectivity index (χ2v) is 3.72. The fourth-order valence-corrected chi connectivity index (χ4v) is 1.42. The summed E-state index contributed by atoms with van der Waals surface area (Å²) in [6.45, 7) is 0. The number of halogens is 1. The Hall–Kier alpha value is -1.94. The quantitative estimate of drug-likeness (QED) is 0.767. The van der Waals surface area contributed by atoms with Gasteiger partial charge in [0.2, 0.25) is 0 Å². The van der Waals surface area contributed by atoms with E-state index in [0.717, 1.165) is 0 Å². The second-order valence-electron chi connectivity index (χ2n) is 3.29. The van der Waals surface area contributed by atoms with Gasteiger partial charge in [0.25, 0.3) is 0 Å². The number of aromatic nitrogens is 2. The molecule has 0 saturated heterocycles. The molecule has 0 aliphatic rings. The van der Waals surface area contributed by atoms with Gasteiger partial charge in [0.1, 0.15) is 0 Å². The Bertz CT molecular complexity index is 523. The molecule has 2 aromatic heterocycles. The minimum atomic E-state index is -0.409. The molecule has 86 valence electrons.